The molecule has 0 radical (unpaired) electrons. The van der Waals surface area contributed by atoms with Crippen LogP contribution in [0.15, 0.2) is 34.7 Å². The van der Waals surface area contributed by atoms with E-state index in [0.29, 0.717) is 31.8 Å². The zero-order chi connectivity index (χ0) is 22.5. The number of hydrogen-bond donors (Lipinski definition) is 2. The summed E-state index contributed by atoms with van der Waals surface area (Å²) in [7, 11) is 0. The molecule has 172 valence electrons. The molecule has 1 aliphatic heterocycles. The van der Waals surface area contributed by atoms with Gasteiger partial charge in [-0.2, -0.15) is 9.37 Å². The second-order valence-corrected chi connectivity index (χ2v) is 7.99. The van der Waals surface area contributed by atoms with Gasteiger partial charge in [0.1, 0.15) is 5.52 Å². The Kier molecular flexibility index (Phi) is 7.12. The lowest BCUT2D eigenvalue weighted by Gasteiger charge is -2.32. The maximum atomic E-state index is 14.5. The fourth-order valence-corrected chi connectivity index (χ4v) is 4.07. The van der Waals surface area contributed by atoms with Gasteiger partial charge in [0.2, 0.25) is 5.82 Å². The van der Waals surface area contributed by atoms with Gasteiger partial charge in [-0.1, -0.05) is 6.07 Å². The fraction of sp³-hybridized carbons (Fsp3) is 0.458. The van der Waals surface area contributed by atoms with E-state index in [1.54, 1.807) is 12.1 Å². The van der Waals surface area contributed by atoms with E-state index in [1.165, 1.54) is 0 Å². The molecule has 0 spiro atoms. The largest absolute Gasteiger partial charge is 0.491 e. The van der Waals surface area contributed by atoms with Crippen molar-refractivity contribution in [3.63, 3.8) is 0 Å². The highest BCUT2D eigenvalue weighted by Crippen LogP contribution is 2.30. The monoisotopic (exact) mass is 442 g/mol. The average molecular weight is 443 g/mol. The summed E-state index contributed by atoms with van der Waals surface area (Å²) in [6.45, 7) is 7.55. The van der Waals surface area contributed by atoms with E-state index in [4.69, 9.17) is 19.6 Å². The number of halogens is 1. The van der Waals surface area contributed by atoms with Crippen LogP contribution >= 0.6 is 0 Å². The van der Waals surface area contributed by atoms with Crippen LogP contribution in [0.3, 0.4) is 0 Å². The molecule has 8 heteroatoms. The van der Waals surface area contributed by atoms with Crippen molar-refractivity contribution in [2.45, 2.75) is 45.8 Å². The van der Waals surface area contributed by atoms with Crippen molar-refractivity contribution in [3.05, 3.63) is 47.3 Å². The summed E-state index contributed by atoms with van der Waals surface area (Å²) in [6, 6.07) is 10.2. The van der Waals surface area contributed by atoms with E-state index in [1.807, 2.05) is 32.0 Å². The van der Waals surface area contributed by atoms with E-state index in [-0.39, 0.29) is 11.5 Å². The second-order valence-electron chi connectivity index (χ2n) is 7.99. The first-order valence-corrected chi connectivity index (χ1v) is 11.3. The molecule has 3 aromatic rings. The highest BCUT2D eigenvalue weighted by molar-refractivity contribution is 5.75. The van der Waals surface area contributed by atoms with Gasteiger partial charge in [-0.3, -0.25) is 4.90 Å². The minimum Gasteiger partial charge on any atom is -0.491 e. The average Bonchev–Trinajstić information content (AvgIpc) is 3.20. The van der Waals surface area contributed by atoms with Crippen LogP contribution in [0.25, 0.3) is 11.1 Å². The minimum absolute atomic E-state index is 0.249. The standard InChI is InChI=1S/C24H31FN4O3/c1-3-30-21-12-17(13-22(23(21)25)31-4-2)15-29-9-7-18(8-10-29)27-24-28-19-11-16(14-26)5-6-20(19)32-24/h5-6,11-13,18H,3-4,7-10,14-15,26H2,1-2H3,(H,27,28). The molecule has 4 rings (SSSR count). The predicted octanol–water partition coefficient (Wildman–Crippen LogP) is 4.30. The molecule has 1 aliphatic rings. The van der Waals surface area contributed by atoms with Crippen LogP contribution in [0, 0.1) is 5.82 Å². The number of nitrogens with two attached hydrogens (primary N) is 1. The van der Waals surface area contributed by atoms with Gasteiger partial charge < -0.3 is 24.9 Å². The van der Waals surface area contributed by atoms with Crippen LogP contribution in [-0.4, -0.2) is 42.2 Å². The number of piperidine rings is 1. The van der Waals surface area contributed by atoms with Crippen molar-refractivity contribution in [1.29, 1.82) is 0 Å². The summed E-state index contributed by atoms with van der Waals surface area (Å²) in [5.41, 5.74) is 9.30. The number of likely N-dealkylation sites (tertiary alicyclic amines) is 1. The zero-order valence-electron chi connectivity index (χ0n) is 18.7. The Balaban J connectivity index is 1.36. The quantitative estimate of drug-likeness (QED) is 0.511. The van der Waals surface area contributed by atoms with Crippen molar-refractivity contribution >= 4 is 17.1 Å². The lowest BCUT2D eigenvalue weighted by atomic mass is 10.0. The molecule has 0 aliphatic carbocycles. The Bertz CT molecular complexity index is 1020. The molecule has 2 heterocycles. The third kappa shape index (κ3) is 5.14. The van der Waals surface area contributed by atoms with Gasteiger partial charge in [0.05, 0.1) is 13.2 Å². The molecule has 1 aromatic heterocycles. The number of ether oxygens (including phenoxy) is 2. The van der Waals surface area contributed by atoms with Gasteiger partial charge in [-0.15, -0.1) is 0 Å². The first-order chi connectivity index (χ1) is 15.6. The van der Waals surface area contributed by atoms with Gasteiger partial charge in [-0.05, 0) is 62.1 Å². The van der Waals surface area contributed by atoms with E-state index in [0.717, 1.165) is 54.7 Å². The summed E-state index contributed by atoms with van der Waals surface area (Å²) in [6.07, 6.45) is 1.93. The van der Waals surface area contributed by atoms with E-state index in [9.17, 15) is 4.39 Å². The molecule has 1 saturated heterocycles. The smallest absolute Gasteiger partial charge is 0.295 e. The number of rotatable bonds is 9. The van der Waals surface area contributed by atoms with Crippen molar-refractivity contribution in [2.75, 3.05) is 31.6 Å². The van der Waals surface area contributed by atoms with Crippen LogP contribution in [0.5, 0.6) is 11.5 Å². The van der Waals surface area contributed by atoms with Crippen molar-refractivity contribution < 1.29 is 18.3 Å². The third-order valence-electron chi connectivity index (χ3n) is 5.67. The topological polar surface area (TPSA) is 85.8 Å². The number of nitrogens with zero attached hydrogens (tertiary/aromatic N) is 2. The van der Waals surface area contributed by atoms with Crippen molar-refractivity contribution in [3.8, 4) is 11.5 Å². The molecule has 0 saturated carbocycles. The number of anilines is 1. The molecule has 2 aromatic carbocycles. The SMILES string of the molecule is CCOc1cc(CN2CCC(Nc3nc4cc(CN)ccc4o3)CC2)cc(OCC)c1F. The molecule has 0 unspecified atom stereocenters. The van der Waals surface area contributed by atoms with Crippen molar-refractivity contribution in [1.82, 2.24) is 9.88 Å². The van der Waals surface area contributed by atoms with E-state index >= 15 is 0 Å². The number of benzene rings is 2. The van der Waals surface area contributed by atoms with Crippen LogP contribution < -0.4 is 20.5 Å². The number of fused-ring (bicyclic) bond motifs is 1. The molecule has 0 atom stereocenters. The van der Waals surface area contributed by atoms with Crippen molar-refractivity contribution in [2.24, 2.45) is 5.73 Å². The Morgan fingerprint density at radius 3 is 2.41 bits per heavy atom. The first kappa shape index (κ1) is 22.4. The van der Waals surface area contributed by atoms with E-state index < -0.39 is 5.82 Å². The molecular weight excluding hydrogens is 411 g/mol. The molecule has 0 amide bonds. The molecule has 32 heavy (non-hydrogen) atoms. The molecule has 1 fully saturated rings. The van der Waals surface area contributed by atoms with Crippen LogP contribution in [0.2, 0.25) is 0 Å². The Labute approximate surface area is 187 Å². The predicted molar refractivity (Wildman–Crippen MR) is 123 cm³/mol. The van der Waals surface area contributed by atoms with Gasteiger partial charge >= 0.3 is 0 Å². The molecule has 0 bridgehead atoms. The summed E-state index contributed by atoms with van der Waals surface area (Å²) >= 11 is 0. The minimum atomic E-state index is -0.433. The molecular formula is C24H31FN4O3. The zero-order valence-corrected chi connectivity index (χ0v) is 18.7. The summed E-state index contributed by atoms with van der Waals surface area (Å²) in [5, 5.41) is 3.43. The number of aromatic nitrogens is 1. The normalized spacial score (nSPS) is 15.2. The van der Waals surface area contributed by atoms with Gasteiger partial charge in [0.15, 0.2) is 17.1 Å². The fourth-order valence-electron chi connectivity index (χ4n) is 4.07. The first-order valence-electron chi connectivity index (χ1n) is 11.3. The molecule has 7 nitrogen and oxygen atoms in total. The van der Waals surface area contributed by atoms with E-state index in [2.05, 4.69) is 15.2 Å². The van der Waals surface area contributed by atoms with Gasteiger partial charge in [0.25, 0.3) is 6.01 Å². The summed E-state index contributed by atoms with van der Waals surface area (Å²) < 4.78 is 31.3. The lowest BCUT2D eigenvalue weighted by molar-refractivity contribution is 0.209. The Hall–Kier alpha value is -2.84. The highest BCUT2D eigenvalue weighted by Gasteiger charge is 2.22. The summed E-state index contributed by atoms with van der Waals surface area (Å²) in [4.78, 5) is 6.91. The van der Waals surface area contributed by atoms with Crippen LogP contribution in [0.1, 0.15) is 37.8 Å². The lowest BCUT2D eigenvalue weighted by Crippen LogP contribution is -2.38. The summed E-state index contributed by atoms with van der Waals surface area (Å²) in [5.74, 6) is 0.0646. The Morgan fingerprint density at radius 2 is 1.78 bits per heavy atom. The van der Waals surface area contributed by atoms with Gasteiger partial charge in [-0.25, -0.2) is 0 Å². The number of hydrogen-bond acceptors (Lipinski definition) is 7. The maximum absolute atomic E-state index is 14.5. The second kappa shape index (κ2) is 10.2. The number of oxazole rings is 1. The van der Waals surface area contributed by atoms with Crippen LogP contribution in [0.4, 0.5) is 10.4 Å². The van der Waals surface area contributed by atoms with Gasteiger partial charge in [0, 0.05) is 32.2 Å². The highest BCUT2D eigenvalue weighted by atomic mass is 19.1. The number of nitrogens with one attached hydrogen (secondary N) is 1. The third-order valence-corrected chi connectivity index (χ3v) is 5.67. The maximum Gasteiger partial charge on any atom is 0.295 e. The molecule has 3 N–H and O–H groups in total. The van der Waals surface area contributed by atoms with Crippen LogP contribution in [-0.2, 0) is 13.1 Å². The Morgan fingerprint density at radius 1 is 1.09 bits per heavy atom.